The van der Waals surface area contributed by atoms with E-state index in [-0.39, 0.29) is 6.04 Å². The van der Waals surface area contributed by atoms with Crippen LogP contribution >= 0.6 is 24.6 Å². The second-order valence-electron chi connectivity index (χ2n) is 7.25. The van der Waals surface area contributed by atoms with E-state index < -0.39 is 28.7 Å². The lowest BCUT2D eigenvalue weighted by Crippen LogP contribution is -2.56. The summed E-state index contributed by atoms with van der Waals surface area (Å²) in [6, 6.07) is 3.76. The van der Waals surface area contributed by atoms with Crippen LogP contribution in [0.4, 0.5) is 17.6 Å². The van der Waals surface area contributed by atoms with Gasteiger partial charge in [0.15, 0.2) is 11.6 Å². The Morgan fingerprint density at radius 3 is 2.53 bits per heavy atom. The van der Waals surface area contributed by atoms with Crippen molar-refractivity contribution in [1.82, 2.24) is 14.1 Å². The average Bonchev–Trinajstić information content (AvgIpc) is 2.74. The molecule has 2 heterocycles. The molecule has 0 radical (unpaired) electrons. The van der Waals surface area contributed by atoms with Gasteiger partial charge in [-0.3, -0.25) is 14.0 Å². The Bertz CT molecular complexity index is 760. The summed E-state index contributed by atoms with van der Waals surface area (Å²) in [6.45, 7) is 8.88. The molecular weight excluding hydrogens is 486 g/mol. The Labute approximate surface area is 199 Å². The van der Waals surface area contributed by atoms with Crippen LogP contribution < -0.4 is 4.74 Å². The summed E-state index contributed by atoms with van der Waals surface area (Å²) in [7, 11) is -0.747. The highest BCUT2D eigenvalue weighted by molar-refractivity contribution is 7.99. The van der Waals surface area contributed by atoms with E-state index in [2.05, 4.69) is 38.0 Å². The fourth-order valence-corrected chi connectivity index (χ4v) is 5.47. The predicted octanol–water partition coefficient (Wildman–Crippen LogP) is 3.61. The van der Waals surface area contributed by atoms with Gasteiger partial charge in [-0.05, 0) is 29.4 Å². The molecule has 32 heavy (non-hydrogen) atoms. The van der Waals surface area contributed by atoms with Crippen LogP contribution in [0.3, 0.4) is 0 Å². The van der Waals surface area contributed by atoms with Crippen molar-refractivity contribution < 1.29 is 26.5 Å². The van der Waals surface area contributed by atoms with E-state index in [1.54, 1.807) is 23.6 Å². The minimum Gasteiger partial charge on any atom is -0.403 e. The SMILES string of the molecule is C=CSN1CCN(Cc2ccc(OC(F)(F)F)c(F)c2)C(CN2CCS(=O)CC2)C1.CS. The zero-order valence-corrected chi connectivity index (χ0v) is 20.4. The molecule has 2 fully saturated rings. The number of benzene rings is 1. The number of hydrogen-bond acceptors (Lipinski definition) is 7. The molecule has 2 aliphatic rings. The molecule has 1 unspecified atom stereocenters. The topological polar surface area (TPSA) is 36.0 Å². The van der Waals surface area contributed by atoms with Crippen LogP contribution in [-0.2, 0) is 17.3 Å². The van der Waals surface area contributed by atoms with E-state index in [0.717, 1.165) is 51.4 Å². The summed E-state index contributed by atoms with van der Waals surface area (Å²) in [4.78, 5) is 4.52. The quantitative estimate of drug-likeness (QED) is 0.340. The van der Waals surface area contributed by atoms with Gasteiger partial charge in [0.05, 0.1) is 0 Å². The molecule has 0 spiro atoms. The Hall–Kier alpha value is -0.790. The summed E-state index contributed by atoms with van der Waals surface area (Å²) in [5, 5.41) is 1.78. The fraction of sp³-hybridized carbons (Fsp3) is 0.600. The average molecular weight is 516 g/mol. The lowest BCUT2D eigenvalue weighted by Gasteiger charge is -2.43. The number of hydrogen-bond donors (Lipinski definition) is 1. The molecule has 0 saturated carbocycles. The molecule has 3 rings (SSSR count). The number of thiol groups is 1. The Morgan fingerprint density at radius 2 is 1.94 bits per heavy atom. The molecule has 1 aromatic rings. The van der Waals surface area contributed by atoms with Gasteiger partial charge in [0.25, 0.3) is 0 Å². The summed E-state index contributed by atoms with van der Waals surface area (Å²) in [6.07, 6.45) is -3.23. The Kier molecular flexibility index (Phi) is 11.3. The molecule has 12 heteroatoms. The van der Waals surface area contributed by atoms with Gasteiger partial charge < -0.3 is 4.74 Å². The van der Waals surface area contributed by atoms with Gasteiger partial charge in [-0.1, -0.05) is 24.6 Å². The monoisotopic (exact) mass is 515 g/mol. The maximum atomic E-state index is 14.1. The van der Waals surface area contributed by atoms with Crippen molar-refractivity contribution in [2.24, 2.45) is 0 Å². The molecule has 0 aromatic heterocycles. The molecule has 2 saturated heterocycles. The van der Waals surface area contributed by atoms with Crippen molar-refractivity contribution in [3.8, 4) is 5.75 Å². The van der Waals surface area contributed by atoms with Crippen LogP contribution in [0.15, 0.2) is 30.2 Å². The zero-order chi connectivity index (χ0) is 23.7. The predicted molar refractivity (Wildman–Crippen MR) is 126 cm³/mol. The first-order valence-corrected chi connectivity index (χ1v) is 13.3. The first-order chi connectivity index (χ1) is 15.2. The van der Waals surface area contributed by atoms with Gasteiger partial charge in [0, 0.05) is 74.2 Å². The van der Waals surface area contributed by atoms with Crippen LogP contribution in [0.5, 0.6) is 5.75 Å². The van der Waals surface area contributed by atoms with E-state index in [1.165, 1.54) is 6.07 Å². The molecule has 182 valence electrons. The van der Waals surface area contributed by atoms with Crippen LogP contribution in [0, 0.1) is 5.82 Å². The number of piperazine rings is 1. The molecule has 0 amide bonds. The van der Waals surface area contributed by atoms with Gasteiger partial charge in [0.2, 0.25) is 0 Å². The smallest absolute Gasteiger partial charge is 0.403 e. The largest absolute Gasteiger partial charge is 0.573 e. The van der Waals surface area contributed by atoms with E-state index in [9.17, 15) is 21.8 Å². The van der Waals surface area contributed by atoms with Gasteiger partial charge >= 0.3 is 6.36 Å². The van der Waals surface area contributed by atoms with Crippen molar-refractivity contribution in [2.45, 2.75) is 18.9 Å². The number of halogens is 4. The van der Waals surface area contributed by atoms with E-state index in [0.29, 0.717) is 23.6 Å². The maximum absolute atomic E-state index is 14.1. The summed E-state index contributed by atoms with van der Waals surface area (Å²) in [5.41, 5.74) is 0.594. The lowest BCUT2D eigenvalue weighted by molar-refractivity contribution is -0.275. The van der Waals surface area contributed by atoms with Gasteiger partial charge in [-0.2, -0.15) is 12.6 Å². The van der Waals surface area contributed by atoms with Crippen molar-refractivity contribution >= 4 is 35.4 Å². The molecule has 1 aromatic carbocycles. The van der Waals surface area contributed by atoms with Crippen molar-refractivity contribution in [1.29, 1.82) is 0 Å². The van der Waals surface area contributed by atoms with E-state index in [4.69, 9.17) is 0 Å². The first kappa shape index (κ1) is 27.5. The van der Waals surface area contributed by atoms with Crippen molar-refractivity contribution in [3.05, 3.63) is 41.6 Å². The number of alkyl halides is 3. The number of ether oxygens (including phenoxy) is 1. The number of rotatable bonds is 7. The highest BCUT2D eigenvalue weighted by Gasteiger charge is 2.33. The van der Waals surface area contributed by atoms with Gasteiger partial charge in [-0.25, -0.2) is 8.70 Å². The Balaban J connectivity index is 0.00000176. The van der Waals surface area contributed by atoms with Crippen LogP contribution in [0.25, 0.3) is 0 Å². The number of nitrogens with zero attached hydrogens (tertiary/aromatic N) is 3. The summed E-state index contributed by atoms with van der Waals surface area (Å²) >= 11 is 5.08. The molecule has 5 nitrogen and oxygen atoms in total. The minimum absolute atomic E-state index is 0.159. The standard InChI is InChI=1S/C19H25F4N3O2S2.CH4S/c1-2-29-26-6-5-25(16(14-26)13-24-7-9-30(27)10-8-24)12-15-3-4-18(17(20)11-15)28-19(21,22)23;1-2/h2-4,11,16H,1,5-10,12-14H2;2H,1H3. The molecule has 2 aliphatic heterocycles. The lowest BCUT2D eigenvalue weighted by atomic mass is 10.1. The van der Waals surface area contributed by atoms with E-state index >= 15 is 0 Å². The van der Waals surface area contributed by atoms with Crippen LogP contribution in [0.2, 0.25) is 0 Å². The van der Waals surface area contributed by atoms with Crippen molar-refractivity contribution in [2.75, 3.05) is 57.0 Å². The highest BCUT2D eigenvalue weighted by Crippen LogP contribution is 2.27. The molecule has 0 aliphatic carbocycles. The van der Waals surface area contributed by atoms with E-state index in [1.807, 2.05) is 0 Å². The molecular formula is C20H29F4N3O2S3. The highest BCUT2D eigenvalue weighted by atomic mass is 32.2. The normalized spacial score (nSPS) is 21.6. The Morgan fingerprint density at radius 1 is 1.25 bits per heavy atom. The van der Waals surface area contributed by atoms with Crippen molar-refractivity contribution in [3.63, 3.8) is 0 Å². The van der Waals surface area contributed by atoms with Crippen LogP contribution in [0.1, 0.15) is 5.56 Å². The molecule has 1 atom stereocenters. The third-order valence-electron chi connectivity index (χ3n) is 5.14. The maximum Gasteiger partial charge on any atom is 0.573 e. The summed E-state index contributed by atoms with van der Waals surface area (Å²) in [5.74, 6) is -0.509. The second-order valence-corrected chi connectivity index (χ2v) is 10.0. The van der Waals surface area contributed by atoms with Crippen LogP contribution in [-0.4, -0.2) is 87.7 Å². The molecule has 0 N–H and O–H groups in total. The van der Waals surface area contributed by atoms with Gasteiger partial charge in [0.1, 0.15) is 0 Å². The second kappa shape index (κ2) is 13.2. The van der Waals surface area contributed by atoms with Gasteiger partial charge in [-0.15, -0.1) is 13.2 Å². The zero-order valence-electron chi connectivity index (χ0n) is 17.9. The third kappa shape index (κ3) is 8.86. The third-order valence-corrected chi connectivity index (χ3v) is 7.19. The molecule has 0 bridgehead atoms. The first-order valence-electron chi connectivity index (χ1n) is 10.1. The minimum atomic E-state index is -4.93. The summed E-state index contributed by atoms with van der Waals surface area (Å²) < 4.78 is 68.7. The fourth-order valence-electron chi connectivity index (χ4n) is 3.69.